The Labute approximate surface area is 388 Å². The average molecular weight is 884 g/mol. The van der Waals surface area contributed by atoms with Crippen LogP contribution in [-0.2, 0) is 46.9 Å². The lowest BCUT2D eigenvalue weighted by atomic mass is 9.70. The minimum absolute atomic E-state index is 0.172. The second-order valence-corrected chi connectivity index (χ2v) is 24.5. The van der Waals surface area contributed by atoms with Gasteiger partial charge in [-0.15, -0.1) is 0 Å². The van der Waals surface area contributed by atoms with Crippen LogP contribution in [0.5, 0.6) is 17.2 Å². The molecule has 3 aromatic rings. The predicted molar refractivity (Wildman–Crippen MR) is 265 cm³/mol. The summed E-state index contributed by atoms with van der Waals surface area (Å²) in [6, 6.07) is 13.4. The molecule has 3 aromatic carbocycles. The van der Waals surface area contributed by atoms with Crippen LogP contribution in [0.2, 0.25) is 0 Å². The van der Waals surface area contributed by atoms with Gasteiger partial charge in [0.1, 0.15) is 17.2 Å². The number of rotatable bonds is 12. The van der Waals surface area contributed by atoms with E-state index in [0.717, 1.165) is 50.1 Å². The van der Waals surface area contributed by atoms with Crippen LogP contribution in [-0.4, -0.2) is 94.5 Å². The Balaban J connectivity index is 3.02. The molecular formula is C55H85N3O6. The van der Waals surface area contributed by atoms with Crippen LogP contribution in [0.4, 0.5) is 0 Å². The number of hydrogen-bond donors (Lipinski definition) is 0. The highest BCUT2D eigenvalue weighted by Gasteiger charge is 2.39. The third-order valence-corrected chi connectivity index (χ3v) is 11.8. The van der Waals surface area contributed by atoms with Crippen LogP contribution in [0, 0.1) is 0 Å². The first-order chi connectivity index (χ1) is 28.8. The number of likely N-dealkylation sites (N-methyl/N-ethyl adjacent to an activating group) is 3. The van der Waals surface area contributed by atoms with E-state index in [0.29, 0.717) is 17.2 Å². The summed E-state index contributed by atoms with van der Waals surface area (Å²) in [6.07, 6.45) is 0. The molecule has 0 heterocycles. The third kappa shape index (κ3) is 13.1. The maximum absolute atomic E-state index is 13.5. The molecule has 0 spiro atoms. The van der Waals surface area contributed by atoms with Crippen molar-refractivity contribution in [2.45, 2.75) is 163 Å². The molecule has 9 heteroatoms. The van der Waals surface area contributed by atoms with Crippen molar-refractivity contribution in [2.24, 2.45) is 0 Å². The molecule has 0 radical (unpaired) electrons. The third-order valence-electron chi connectivity index (χ3n) is 11.8. The largest absolute Gasteiger partial charge is 0.483 e. The number of carbonyl (C=O) groups is 3. The van der Waals surface area contributed by atoms with Crippen LogP contribution >= 0.6 is 0 Å². The summed E-state index contributed by atoms with van der Waals surface area (Å²) in [4.78, 5) is 45.3. The van der Waals surface area contributed by atoms with Crippen molar-refractivity contribution in [3.05, 3.63) is 86.5 Å². The molecule has 0 aromatic heterocycles. The molecule has 0 saturated heterocycles. The van der Waals surface area contributed by atoms with Crippen molar-refractivity contribution in [1.82, 2.24) is 14.7 Å². The Morgan fingerprint density at radius 3 is 0.734 bits per heavy atom. The van der Waals surface area contributed by atoms with Gasteiger partial charge >= 0.3 is 0 Å². The summed E-state index contributed by atoms with van der Waals surface area (Å²) < 4.78 is 20.8. The van der Waals surface area contributed by atoms with Gasteiger partial charge in [-0.1, -0.05) is 161 Å². The highest BCUT2D eigenvalue weighted by molar-refractivity contribution is 5.79. The maximum atomic E-state index is 13.5. The molecular weight excluding hydrogens is 799 g/mol. The molecule has 0 aliphatic carbocycles. The van der Waals surface area contributed by atoms with Gasteiger partial charge in [-0.25, -0.2) is 0 Å². The van der Waals surface area contributed by atoms with Gasteiger partial charge in [0.2, 0.25) is 0 Å². The van der Waals surface area contributed by atoms with Gasteiger partial charge < -0.3 is 28.9 Å². The molecule has 0 atom stereocenters. The molecule has 0 unspecified atom stereocenters. The molecule has 0 N–H and O–H groups in total. The van der Waals surface area contributed by atoms with Gasteiger partial charge in [0.05, 0.1) is 0 Å². The van der Waals surface area contributed by atoms with E-state index in [9.17, 15) is 14.4 Å². The zero-order valence-electron chi connectivity index (χ0n) is 44.5. The molecule has 3 amide bonds. The fourth-order valence-corrected chi connectivity index (χ4v) is 7.34. The molecule has 3 rings (SSSR count). The summed E-state index contributed by atoms with van der Waals surface area (Å²) in [7, 11) is 10.4. The fourth-order valence-electron chi connectivity index (χ4n) is 7.34. The highest BCUT2D eigenvalue weighted by atomic mass is 16.5. The standard InChI is InChI=1S/C55H85N3O6/c1-50(2,3)34-25-37(47(40(28-34)53(10,11)12)62-31-43(59)56(19)20)46(38-26-35(51(4,5)6)29-41(54(13,14)15)48(38)63-32-44(60)57(21)22)39-27-36(52(7,8)9)30-42(55(16,17)18)49(39)64-33-45(61)58(23)24/h25-30,46H,31-33H2,1-24H3. The van der Waals surface area contributed by atoms with Crippen LogP contribution in [0.15, 0.2) is 36.4 Å². The Hall–Kier alpha value is -4.53. The summed E-state index contributed by atoms with van der Waals surface area (Å²) in [5.74, 6) is 0.612. The molecule has 0 aliphatic heterocycles. The van der Waals surface area contributed by atoms with Gasteiger partial charge in [-0.3, -0.25) is 14.4 Å². The lowest BCUT2D eigenvalue weighted by Gasteiger charge is -2.36. The summed E-state index contributed by atoms with van der Waals surface area (Å²) in [5.41, 5.74) is 6.39. The molecule has 64 heavy (non-hydrogen) atoms. The SMILES string of the molecule is CN(C)C(=O)COc1c(C(c2cc(C(C)(C)C)cc(C(C)(C)C)c2OCC(=O)N(C)C)c2cc(C(C)(C)C)cc(C(C)(C)C)c2OCC(=O)N(C)C)cc(C(C)(C)C)cc1C(C)(C)C. The number of carbonyl (C=O) groups excluding carboxylic acids is 3. The Bertz CT molecular complexity index is 1930. The van der Waals surface area contributed by atoms with Gasteiger partial charge in [0, 0.05) is 81.6 Å². The van der Waals surface area contributed by atoms with Gasteiger partial charge in [0.25, 0.3) is 17.7 Å². The minimum atomic E-state index is -0.673. The van der Waals surface area contributed by atoms with Crippen molar-refractivity contribution in [2.75, 3.05) is 62.1 Å². The predicted octanol–water partition coefficient (Wildman–Crippen LogP) is 11.1. The van der Waals surface area contributed by atoms with Crippen molar-refractivity contribution >= 4 is 17.7 Å². The summed E-state index contributed by atoms with van der Waals surface area (Å²) in [5, 5.41) is 0. The van der Waals surface area contributed by atoms with Gasteiger partial charge in [0.15, 0.2) is 19.8 Å². The van der Waals surface area contributed by atoms with E-state index in [1.807, 2.05) is 0 Å². The van der Waals surface area contributed by atoms with E-state index in [1.165, 1.54) is 0 Å². The van der Waals surface area contributed by atoms with E-state index in [4.69, 9.17) is 14.2 Å². The molecule has 0 saturated carbocycles. The lowest BCUT2D eigenvalue weighted by molar-refractivity contribution is -0.131. The average Bonchev–Trinajstić information content (AvgIpc) is 3.12. The Morgan fingerprint density at radius 1 is 0.375 bits per heavy atom. The second-order valence-electron chi connectivity index (χ2n) is 24.5. The summed E-state index contributed by atoms with van der Waals surface area (Å²) in [6.45, 7) is 38.9. The normalized spacial score (nSPS) is 12.9. The van der Waals surface area contributed by atoms with Crippen LogP contribution in [0.1, 0.15) is 181 Å². The van der Waals surface area contributed by atoms with Crippen LogP contribution in [0.3, 0.4) is 0 Å². The summed E-state index contributed by atoms with van der Waals surface area (Å²) >= 11 is 0. The number of hydrogen-bond acceptors (Lipinski definition) is 6. The molecule has 0 bridgehead atoms. The first kappa shape index (κ1) is 53.8. The molecule has 0 aliphatic rings. The number of ether oxygens (including phenoxy) is 3. The van der Waals surface area contributed by atoms with Crippen molar-refractivity contribution < 1.29 is 28.6 Å². The van der Waals surface area contributed by atoms with Gasteiger partial charge in [-0.05, 0) is 49.2 Å². The van der Waals surface area contributed by atoms with Crippen LogP contribution in [0.25, 0.3) is 0 Å². The smallest absolute Gasteiger partial charge is 0.259 e. The van der Waals surface area contributed by atoms with Gasteiger partial charge in [-0.2, -0.15) is 0 Å². The van der Waals surface area contributed by atoms with Crippen molar-refractivity contribution in [1.29, 1.82) is 0 Å². The minimum Gasteiger partial charge on any atom is -0.483 e. The van der Waals surface area contributed by atoms with E-state index in [-0.39, 0.29) is 53.8 Å². The van der Waals surface area contributed by atoms with Crippen molar-refractivity contribution in [3.63, 3.8) is 0 Å². The van der Waals surface area contributed by atoms with Crippen LogP contribution < -0.4 is 14.2 Å². The Kier molecular flexibility index (Phi) is 16.1. The van der Waals surface area contributed by atoms with E-state index in [1.54, 1.807) is 57.0 Å². The topological polar surface area (TPSA) is 88.6 Å². The molecule has 9 nitrogen and oxygen atoms in total. The lowest BCUT2D eigenvalue weighted by Crippen LogP contribution is -2.30. The number of benzene rings is 3. The highest BCUT2D eigenvalue weighted by Crippen LogP contribution is 2.53. The molecule has 356 valence electrons. The van der Waals surface area contributed by atoms with E-state index in [2.05, 4.69) is 161 Å². The van der Waals surface area contributed by atoms with Crippen molar-refractivity contribution in [3.8, 4) is 17.2 Å². The first-order valence-corrected chi connectivity index (χ1v) is 22.8. The first-order valence-electron chi connectivity index (χ1n) is 22.8. The fraction of sp³-hybridized carbons (Fsp3) is 0.618. The second kappa shape index (κ2) is 19.1. The van der Waals surface area contributed by atoms with E-state index < -0.39 is 22.2 Å². The number of nitrogens with zero attached hydrogens (tertiary/aromatic N) is 3. The monoisotopic (exact) mass is 884 g/mol. The quantitative estimate of drug-likeness (QED) is 0.168. The number of amides is 3. The maximum Gasteiger partial charge on any atom is 0.259 e. The molecule has 0 fully saturated rings. The van der Waals surface area contributed by atoms with E-state index >= 15 is 0 Å². The zero-order chi connectivity index (χ0) is 49.5. The Morgan fingerprint density at radius 2 is 0.578 bits per heavy atom. The zero-order valence-corrected chi connectivity index (χ0v) is 44.5.